The third kappa shape index (κ3) is 4.90. The van der Waals surface area contributed by atoms with E-state index in [1.807, 2.05) is 6.07 Å². The quantitative estimate of drug-likeness (QED) is 0.402. The zero-order chi connectivity index (χ0) is 24.1. The minimum Gasteiger partial charge on any atom is -0.376 e. The van der Waals surface area contributed by atoms with Crippen LogP contribution in [-0.4, -0.2) is 42.7 Å². The van der Waals surface area contributed by atoms with Crippen molar-refractivity contribution in [1.82, 2.24) is 35.6 Å². The number of nitrogens with one attached hydrogen (secondary N) is 2. The zero-order valence-corrected chi connectivity index (χ0v) is 17.4. The Morgan fingerprint density at radius 1 is 1.18 bits per heavy atom. The van der Waals surface area contributed by atoms with E-state index in [0.717, 1.165) is 0 Å². The van der Waals surface area contributed by atoms with Crippen molar-refractivity contribution in [2.75, 3.05) is 11.9 Å². The van der Waals surface area contributed by atoms with Gasteiger partial charge in [-0.25, -0.2) is 4.39 Å². The number of aromatic nitrogens is 6. The maximum atomic E-state index is 15.1. The van der Waals surface area contributed by atoms with Gasteiger partial charge in [-0.3, -0.25) is 9.78 Å². The molecule has 0 aliphatic heterocycles. The molecule has 4 aromatic rings. The summed E-state index contributed by atoms with van der Waals surface area (Å²) in [5, 5.41) is 29.2. The first-order chi connectivity index (χ1) is 16.4. The largest absolute Gasteiger partial charge is 0.376 e. The molecule has 0 saturated heterocycles. The molecule has 3 heterocycles. The molecule has 0 radical (unpaired) electrons. The fraction of sp³-hybridized carbons (Fsp3) is 0.190. The van der Waals surface area contributed by atoms with Crippen LogP contribution >= 0.6 is 0 Å². The number of amides is 1. The lowest BCUT2D eigenvalue weighted by Gasteiger charge is -2.18. The first-order valence-electron chi connectivity index (χ1n) is 9.93. The molecule has 3 aromatic heterocycles. The van der Waals surface area contributed by atoms with Gasteiger partial charge in [-0.05, 0) is 46.8 Å². The number of rotatable bonds is 8. The highest BCUT2D eigenvalue weighted by atomic mass is 19.3. The van der Waals surface area contributed by atoms with Crippen molar-refractivity contribution in [2.24, 2.45) is 0 Å². The highest BCUT2D eigenvalue weighted by molar-refractivity contribution is 5.80. The van der Waals surface area contributed by atoms with Crippen LogP contribution in [0, 0.1) is 17.1 Å². The summed E-state index contributed by atoms with van der Waals surface area (Å²) in [5.74, 6) is -4.92. The highest BCUT2D eigenvalue weighted by Gasteiger charge is 2.33. The van der Waals surface area contributed by atoms with Gasteiger partial charge in [0.25, 0.3) is 0 Å². The van der Waals surface area contributed by atoms with Crippen molar-refractivity contribution in [3.8, 4) is 6.07 Å². The average Bonchev–Trinajstić information content (AvgIpc) is 3.32. The number of anilines is 1. The van der Waals surface area contributed by atoms with Crippen molar-refractivity contribution in [3.05, 3.63) is 77.0 Å². The number of hydrogen-bond acceptors (Lipinski definition) is 8. The molecule has 0 fully saturated rings. The number of halogens is 3. The van der Waals surface area contributed by atoms with Gasteiger partial charge in [0.1, 0.15) is 5.69 Å². The van der Waals surface area contributed by atoms with E-state index in [-0.39, 0.29) is 23.4 Å². The number of nitrogens with zero attached hydrogens (tertiary/aromatic N) is 7. The monoisotopic (exact) mass is 467 g/mol. The second-order valence-electron chi connectivity index (χ2n) is 7.14. The summed E-state index contributed by atoms with van der Waals surface area (Å²) in [7, 11) is 0. The van der Waals surface area contributed by atoms with Gasteiger partial charge < -0.3 is 10.6 Å². The Hall–Kier alpha value is -4.60. The van der Waals surface area contributed by atoms with Gasteiger partial charge in [0, 0.05) is 11.8 Å². The molecule has 2 N–H and O–H groups in total. The Bertz CT molecular complexity index is 1370. The Labute approximate surface area is 190 Å². The first-order valence-corrected chi connectivity index (χ1v) is 9.93. The van der Waals surface area contributed by atoms with Crippen LogP contribution in [0.25, 0.3) is 5.65 Å². The lowest BCUT2D eigenvalue weighted by molar-refractivity contribution is -0.120. The summed E-state index contributed by atoms with van der Waals surface area (Å²) in [6.07, 6.45) is 0.757. The third-order valence-electron chi connectivity index (χ3n) is 4.83. The van der Waals surface area contributed by atoms with Crippen molar-refractivity contribution >= 4 is 17.2 Å². The van der Waals surface area contributed by atoms with Crippen LogP contribution in [-0.2, 0) is 23.7 Å². The predicted octanol–water partition coefficient (Wildman–Crippen LogP) is 1.99. The second-order valence-corrected chi connectivity index (χ2v) is 7.14. The van der Waals surface area contributed by atoms with Crippen LogP contribution in [0.15, 0.2) is 48.7 Å². The van der Waals surface area contributed by atoms with Crippen molar-refractivity contribution in [2.45, 2.75) is 18.9 Å². The van der Waals surface area contributed by atoms with Gasteiger partial charge in [-0.1, -0.05) is 6.07 Å². The second kappa shape index (κ2) is 9.49. The van der Waals surface area contributed by atoms with Gasteiger partial charge >= 0.3 is 5.92 Å². The molecule has 1 aromatic carbocycles. The van der Waals surface area contributed by atoms with E-state index in [2.05, 4.69) is 36.2 Å². The van der Waals surface area contributed by atoms with E-state index >= 15 is 4.39 Å². The Morgan fingerprint density at radius 3 is 2.79 bits per heavy atom. The van der Waals surface area contributed by atoms with Crippen LogP contribution < -0.4 is 10.6 Å². The number of pyridine rings is 1. The molecule has 0 bridgehead atoms. The molecule has 1 amide bonds. The van der Waals surface area contributed by atoms with Gasteiger partial charge in [-0.15, -0.1) is 9.73 Å². The molecule has 0 saturated carbocycles. The standard InChI is InChI=1S/C21H16F3N9O/c22-20-15(9-19(34)27-11-14-5-7-18-29-31-32-33(18)30-14)13(10-25)4-6-16(20)28-12-21(23,24)17-3-1-2-8-26-17/h1-8,28H,9,11-12H2,(H,27,34). The topological polar surface area (TPSA) is 134 Å². The van der Waals surface area contributed by atoms with Gasteiger partial charge in [0.05, 0.1) is 42.5 Å². The van der Waals surface area contributed by atoms with E-state index in [4.69, 9.17) is 0 Å². The predicted molar refractivity (Wildman–Crippen MR) is 112 cm³/mol. The van der Waals surface area contributed by atoms with Crippen LogP contribution in [0.4, 0.5) is 18.9 Å². The summed E-state index contributed by atoms with van der Waals surface area (Å²) >= 11 is 0. The van der Waals surface area contributed by atoms with Gasteiger partial charge in [-0.2, -0.15) is 19.1 Å². The maximum Gasteiger partial charge on any atom is 0.306 e. The van der Waals surface area contributed by atoms with Crippen LogP contribution in [0.1, 0.15) is 22.5 Å². The minimum absolute atomic E-state index is 0.00633. The molecule has 0 spiro atoms. The summed E-state index contributed by atoms with van der Waals surface area (Å²) in [4.78, 5) is 16.1. The normalized spacial score (nSPS) is 11.2. The molecule has 0 unspecified atom stereocenters. The number of carbonyl (C=O) groups excluding carboxylic acids is 1. The summed E-state index contributed by atoms with van der Waals surface area (Å²) in [5.41, 5.74) is -0.152. The number of carbonyl (C=O) groups is 1. The number of hydrogen-bond donors (Lipinski definition) is 2. The molecule has 0 aliphatic rings. The van der Waals surface area contributed by atoms with Crippen LogP contribution in [0.5, 0.6) is 0 Å². The molecule has 10 nitrogen and oxygen atoms in total. The zero-order valence-electron chi connectivity index (χ0n) is 17.4. The summed E-state index contributed by atoms with van der Waals surface area (Å²) < 4.78 is 45.0. The average molecular weight is 467 g/mol. The molecular weight excluding hydrogens is 451 g/mol. The molecule has 13 heteroatoms. The molecule has 4 rings (SSSR count). The van der Waals surface area contributed by atoms with E-state index in [9.17, 15) is 18.8 Å². The smallest absolute Gasteiger partial charge is 0.306 e. The van der Waals surface area contributed by atoms with E-state index in [0.29, 0.717) is 11.3 Å². The fourth-order valence-corrected chi connectivity index (χ4v) is 3.10. The molecule has 0 atom stereocenters. The summed E-state index contributed by atoms with van der Waals surface area (Å²) in [6, 6.07) is 11.6. The lowest BCUT2D eigenvalue weighted by Crippen LogP contribution is -2.27. The fourth-order valence-electron chi connectivity index (χ4n) is 3.10. The third-order valence-corrected chi connectivity index (χ3v) is 4.83. The Kier molecular flexibility index (Phi) is 6.30. The number of alkyl halides is 2. The van der Waals surface area contributed by atoms with E-state index < -0.39 is 36.3 Å². The maximum absolute atomic E-state index is 15.1. The SMILES string of the molecule is N#Cc1ccc(NCC(F)(F)c2ccccn2)c(F)c1CC(=O)NCc1ccc2nnnn2n1. The molecule has 172 valence electrons. The number of nitriles is 1. The number of fused-ring (bicyclic) bond motifs is 1. The van der Waals surface area contributed by atoms with Crippen LogP contribution in [0.2, 0.25) is 0 Å². The number of tetrazole rings is 1. The molecule has 34 heavy (non-hydrogen) atoms. The molecule has 0 aliphatic carbocycles. The van der Waals surface area contributed by atoms with Crippen molar-refractivity contribution in [3.63, 3.8) is 0 Å². The lowest BCUT2D eigenvalue weighted by atomic mass is 10.0. The van der Waals surface area contributed by atoms with Gasteiger partial charge in [0.2, 0.25) is 5.91 Å². The Balaban J connectivity index is 1.44. The van der Waals surface area contributed by atoms with E-state index in [1.54, 1.807) is 12.1 Å². The summed E-state index contributed by atoms with van der Waals surface area (Å²) in [6.45, 7) is -0.920. The first kappa shape index (κ1) is 22.6. The van der Waals surface area contributed by atoms with Gasteiger partial charge in [0.15, 0.2) is 11.5 Å². The van der Waals surface area contributed by atoms with Crippen LogP contribution in [0.3, 0.4) is 0 Å². The number of benzene rings is 1. The highest BCUT2D eigenvalue weighted by Crippen LogP contribution is 2.28. The Morgan fingerprint density at radius 2 is 2.03 bits per heavy atom. The molecular formula is C21H16F3N9O. The van der Waals surface area contributed by atoms with Crippen molar-refractivity contribution < 1.29 is 18.0 Å². The minimum atomic E-state index is -3.37. The van der Waals surface area contributed by atoms with Crippen molar-refractivity contribution in [1.29, 1.82) is 5.26 Å². The van der Waals surface area contributed by atoms with E-state index in [1.165, 1.54) is 41.2 Å².